The van der Waals surface area contributed by atoms with E-state index in [1.165, 1.54) is 6.92 Å². The van der Waals surface area contributed by atoms with E-state index in [1.54, 1.807) is 12.1 Å². The second kappa shape index (κ2) is 8.08. The number of nitrogens with zero attached hydrogens (tertiary/aromatic N) is 2. The first-order valence-corrected chi connectivity index (χ1v) is 9.03. The molecular formula is C22H22N2O3. The Balaban J connectivity index is 2.03. The van der Waals surface area contributed by atoms with Gasteiger partial charge in [0.05, 0.1) is 22.4 Å². The molecule has 1 heterocycles. The highest BCUT2D eigenvalue weighted by Crippen LogP contribution is 2.26. The lowest BCUT2D eigenvalue weighted by Crippen LogP contribution is -2.07. The van der Waals surface area contributed by atoms with Crippen LogP contribution >= 0.6 is 0 Å². The number of aryl methyl sites for hydroxylation is 1. The molecule has 0 saturated heterocycles. The molecular weight excluding hydrogens is 340 g/mol. The number of aromatic nitrogens is 2. The number of carboxylic acids is 1. The third kappa shape index (κ3) is 4.56. The molecule has 0 saturated carbocycles. The number of carbonyl (C=O) groups excluding carboxylic acids is 1. The normalized spacial score (nSPS) is 12.1. The maximum atomic E-state index is 11.7. The molecule has 3 rings (SSSR count). The standard InChI is InChI=1S/C22H22N2O3/c1-14(12-21(26)27)8-10-19-22(16-6-4-3-5-7-16)24-18-11-9-17(15(2)25)13-20(18)23-19/h3-7,9,11,13-14H,8,10,12H2,1-2H3,(H,26,27)/t14-/m0/s1. The van der Waals surface area contributed by atoms with Crippen LogP contribution in [-0.2, 0) is 11.2 Å². The molecule has 1 N–H and O–H groups in total. The van der Waals surface area contributed by atoms with Crippen LogP contribution in [0.5, 0.6) is 0 Å². The third-order valence-electron chi connectivity index (χ3n) is 4.59. The molecule has 1 aromatic heterocycles. The minimum absolute atomic E-state index is 0.0116. The summed E-state index contributed by atoms with van der Waals surface area (Å²) in [7, 11) is 0. The van der Waals surface area contributed by atoms with Gasteiger partial charge in [-0.3, -0.25) is 9.59 Å². The largest absolute Gasteiger partial charge is 0.481 e. The van der Waals surface area contributed by atoms with Crippen LogP contribution in [0.25, 0.3) is 22.3 Å². The number of fused-ring (bicyclic) bond motifs is 1. The minimum Gasteiger partial charge on any atom is -0.481 e. The van der Waals surface area contributed by atoms with E-state index >= 15 is 0 Å². The maximum absolute atomic E-state index is 11.7. The Hall–Kier alpha value is -3.08. The number of Topliss-reactive ketones (excluding diaryl/α,β-unsaturated/α-hetero) is 1. The van der Waals surface area contributed by atoms with Crippen LogP contribution < -0.4 is 0 Å². The molecule has 0 spiro atoms. The van der Waals surface area contributed by atoms with Gasteiger partial charge in [0.15, 0.2) is 5.78 Å². The highest BCUT2D eigenvalue weighted by Gasteiger charge is 2.15. The Morgan fingerprint density at radius 2 is 1.78 bits per heavy atom. The summed E-state index contributed by atoms with van der Waals surface area (Å²) in [4.78, 5) is 32.2. The van der Waals surface area contributed by atoms with Gasteiger partial charge in [0.25, 0.3) is 0 Å². The van der Waals surface area contributed by atoms with E-state index < -0.39 is 5.97 Å². The van der Waals surface area contributed by atoms with Crippen molar-refractivity contribution in [1.29, 1.82) is 0 Å². The summed E-state index contributed by atoms with van der Waals surface area (Å²) < 4.78 is 0. The zero-order valence-electron chi connectivity index (χ0n) is 15.5. The number of carboxylic acid groups (broad SMARTS) is 1. The molecule has 2 aromatic carbocycles. The van der Waals surface area contributed by atoms with Crippen LogP contribution in [0.4, 0.5) is 0 Å². The fourth-order valence-electron chi connectivity index (χ4n) is 3.09. The van der Waals surface area contributed by atoms with E-state index in [0.29, 0.717) is 23.9 Å². The fraction of sp³-hybridized carbons (Fsp3) is 0.273. The summed E-state index contributed by atoms with van der Waals surface area (Å²) in [6, 6.07) is 15.2. The van der Waals surface area contributed by atoms with Crippen molar-refractivity contribution in [3.8, 4) is 11.3 Å². The molecule has 0 amide bonds. The average molecular weight is 362 g/mol. The van der Waals surface area contributed by atoms with Crippen molar-refractivity contribution >= 4 is 22.8 Å². The molecule has 0 bridgehead atoms. The molecule has 0 unspecified atom stereocenters. The number of rotatable bonds is 7. The van der Waals surface area contributed by atoms with Crippen LogP contribution in [-0.4, -0.2) is 26.8 Å². The zero-order chi connectivity index (χ0) is 19.4. The van der Waals surface area contributed by atoms with Gasteiger partial charge in [-0.05, 0) is 43.9 Å². The van der Waals surface area contributed by atoms with Crippen molar-refractivity contribution < 1.29 is 14.7 Å². The van der Waals surface area contributed by atoms with Gasteiger partial charge in [0.2, 0.25) is 0 Å². The lowest BCUT2D eigenvalue weighted by molar-refractivity contribution is -0.138. The number of ketones is 1. The van der Waals surface area contributed by atoms with Crippen molar-refractivity contribution in [3.63, 3.8) is 0 Å². The van der Waals surface area contributed by atoms with E-state index in [2.05, 4.69) is 0 Å². The number of aliphatic carboxylic acids is 1. The second-order valence-corrected chi connectivity index (χ2v) is 6.89. The van der Waals surface area contributed by atoms with Crippen LogP contribution in [0.3, 0.4) is 0 Å². The molecule has 3 aromatic rings. The van der Waals surface area contributed by atoms with Gasteiger partial charge in [-0.25, -0.2) is 9.97 Å². The lowest BCUT2D eigenvalue weighted by Gasteiger charge is -2.13. The SMILES string of the molecule is CC(=O)c1ccc2nc(-c3ccccc3)c(CC[C@H](C)CC(=O)O)nc2c1. The van der Waals surface area contributed by atoms with Crippen molar-refractivity contribution in [1.82, 2.24) is 9.97 Å². The highest BCUT2D eigenvalue weighted by molar-refractivity contribution is 5.97. The minimum atomic E-state index is -0.790. The third-order valence-corrected chi connectivity index (χ3v) is 4.59. The van der Waals surface area contributed by atoms with Gasteiger partial charge in [-0.15, -0.1) is 0 Å². The second-order valence-electron chi connectivity index (χ2n) is 6.89. The Morgan fingerprint density at radius 1 is 1.04 bits per heavy atom. The molecule has 0 radical (unpaired) electrons. The van der Waals surface area contributed by atoms with E-state index in [0.717, 1.165) is 22.5 Å². The van der Waals surface area contributed by atoms with Gasteiger partial charge in [-0.2, -0.15) is 0 Å². The first-order valence-electron chi connectivity index (χ1n) is 9.03. The summed E-state index contributed by atoms with van der Waals surface area (Å²) in [5.41, 5.74) is 4.63. The van der Waals surface area contributed by atoms with Crippen molar-refractivity contribution in [3.05, 3.63) is 59.8 Å². The lowest BCUT2D eigenvalue weighted by atomic mass is 9.98. The van der Waals surface area contributed by atoms with Crippen LogP contribution in [0.15, 0.2) is 48.5 Å². The number of benzene rings is 2. The number of carbonyl (C=O) groups is 2. The summed E-state index contributed by atoms with van der Waals surface area (Å²) >= 11 is 0. The Labute approximate surface area is 158 Å². The van der Waals surface area contributed by atoms with Crippen molar-refractivity contribution in [2.75, 3.05) is 0 Å². The predicted molar refractivity (Wildman–Crippen MR) is 105 cm³/mol. The molecule has 0 fully saturated rings. The Morgan fingerprint density at radius 3 is 2.44 bits per heavy atom. The van der Waals surface area contributed by atoms with Gasteiger partial charge in [0, 0.05) is 17.5 Å². The summed E-state index contributed by atoms with van der Waals surface area (Å²) in [5.74, 6) is -0.754. The van der Waals surface area contributed by atoms with E-state index in [-0.39, 0.29) is 18.1 Å². The van der Waals surface area contributed by atoms with Crippen molar-refractivity contribution in [2.45, 2.75) is 33.1 Å². The number of hydrogen-bond donors (Lipinski definition) is 1. The van der Waals surface area contributed by atoms with Gasteiger partial charge in [-0.1, -0.05) is 37.3 Å². The van der Waals surface area contributed by atoms with Crippen LogP contribution in [0, 0.1) is 5.92 Å². The van der Waals surface area contributed by atoms with E-state index in [4.69, 9.17) is 15.1 Å². The molecule has 27 heavy (non-hydrogen) atoms. The summed E-state index contributed by atoms with van der Waals surface area (Å²) in [5, 5.41) is 8.98. The summed E-state index contributed by atoms with van der Waals surface area (Å²) in [6.45, 7) is 3.46. The molecule has 1 atom stereocenters. The van der Waals surface area contributed by atoms with E-state index in [9.17, 15) is 9.59 Å². The highest BCUT2D eigenvalue weighted by atomic mass is 16.4. The topological polar surface area (TPSA) is 80.2 Å². The van der Waals surface area contributed by atoms with Crippen molar-refractivity contribution in [2.24, 2.45) is 5.92 Å². The molecule has 0 aliphatic carbocycles. The predicted octanol–water partition coefficient (Wildman–Crippen LogP) is 4.54. The first-order chi connectivity index (χ1) is 12.9. The molecule has 0 aliphatic heterocycles. The maximum Gasteiger partial charge on any atom is 0.303 e. The summed E-state index contributed by atoms with van der Waals surface area (Å²) in [6.07, 6.45) is 1.47. The van der Waals surface area contributed by atoms with Crippen LogP contribution in [0.1, 0.15) is 42.7 Å². The van der Waals surface area contributed by atoms with Crippen LogP contribution in [0.2, 0.25) is 0 Å². The molecule has 5 heteroatoms. The molecule has 138 valence electrons. The van der Waals surface area contributed by atoms with Gasteiger partial charge < -0.3 is 5.11 Å². The first kappa shape index (κ1) is 18.7. The average Bonchev–Trinajstić information content (AvgIpc) is 2.65. The smallest absolute Gasteiger partial charge is 0.303 e. The van der Waals surface area contributed by atoms with E-state index in [1.807, 2.05) is 43.3 Å². The van der Waals surface area contributed by atoms with Gasteiger partial charge in [0.1, 0.15) is 0 Å². The Bertz CT molecular complexity index is 984. The molecule has 5 nitrogen and oxygen atoms in total. The zero-order valence-corrected chi connectivity index (χ0v) is 15.5. The van der Waals surface area contributed by atoms with Gasteiger partial charge >= 0.3 is 5.97 Å². The number of hydrogen-bond acceptors (Lipinski definition) is 4. The molecule has 0 aliphatic rings. The quantitative estimate of drug-likeness (QED) is 0.624. The monoisotopic (exact) mass is 362 g/mol. The Kier molecular flexibility index (Phi) is 5.60. The fourth-order valence-corrected chi connectivity index (χ4v) is 3.09.